The summed E-state index contributed by atoms with van der Waals surface area (Å²) in [6.45, 7) is 0.686. The van der Waals surface area contributed by atoms with E-state index in [0.29, 0.717) is 24.0 Å². The summed E-state index contributed by atoms with van der Waals surface area (Å²) in [6, 6.07) is 15.9. The minimum absolute atomic E-state index is 0.395. The second-order valence-electron chi connectivity index (χ2n) is 4.98. The monoisotopic (exact) mass is 345 g/mol. The predicted molar refractivity (Wildman–Crippen MR) is 101 cm³/mol. The SMILES string of the molecule is COc1ccc(NC(N)=NCCCSc2ccccc2)cc1OC. The highest BCUT2D eigenvalue weighted by Gasteiger charge is 2.04. The van der Waals surface area contributed by atoms with Gasteiger partial charge in [-0.15, -0.1) is 11.8 Å². The number of nitrogens with two attached hydrogens (primary N) is 1. The molecule has 2 aromatic carbocycles. The van der Waals surface area contributed by atoms with Gasteiger partial charge in [-0.1, -0.05) is 18.2 Å². The average molecular weight is 345 g/mol. The third kappa shape index (κ3) is 5.70. The van der Waals surface area contributed by atoms with Crippen LogP contribution in [0.2, 0.25) is 0 Å². The molecule has 128 valence electrons. The largest absolute Gasteiger partial charge is 0.493 e. The lowest BCUT2D eigenvalue weighted by atomic mass is 10.3. The quantitative estimate of drug-likeness (QED) is 0.331. The summed E-state index contributed by atoms with van der Waals surface area (Å²) in [7, 11) is 3.21. The molecule has 3 N–H and O–H groups in total. The Morgan fingerprint density at radius 2 is 1.83 bits per heavy atom. The number of hydrogen-bond donors (Lipinski definition) is 2. The van der Waals surface area contributed by atoms with Crippen LogP contribution >= 0.6 is 11.8 Å². The van der Waals surface area contributed by atoms with Crippen molar-refractivity contribution in [1.82, 2.24) is 0 Å². The van der Waals surface area contributed by atoms with E-state index in [9.17, 15) is 0 Å². The van der Waals surface area contributed by atoms with Crippen molar-refractivity contribution >= 4 is 23.4 Å². The summed E-state index contributed by atoms with van der Waals surface area (Å²) in [6.07, 6.45) is 0.966. The highest BCUT2D eigenvalue weighted by molar-refractivity contribution is 7.99. The zero-order valence-corrected chi connectivity index (χ0v) is 14.8. The molecule has 0 saturated heterocycles. The van der Waals surface area contributed by atoms with E-state index in [2.05, 4.69) is 22.4 Å². The standard InChI is InChI=1S/C18H23N3O2S/c1-22-16-10-9-14(13-17(16)23-2)21-18(19)20-11-6-12-24-15-7-4-3-5-8-15/h3-5,7-10,13H,6,11-12H2,1-2H3,(H3,19,20,21). The Hall–Kier alpha value is -2.34. The number of rotatable bonds is 8. The number of aliphatic imine (C=N–C) groups is 1. The lowest BCUT2D eigenvalue weighted by Gasteiger charge is -2.10. The Morgan fingerprint density at radius 1 is 1.08 bits per heavy atom. The summed E-state index contributed by atoms with van der Waals surface area (Å²) >= 11 is 1.82. The van der Waals surface area contributed by atoms with Crippen molar-refractivity contribution in [2.75, 3.05) is 31.8 Å². The minimum Gasteiger partial charge on any atom is -0.493 e. The van der Waals surface area contributed by atoms with Gasteiger partial charge in [0.15, 0.2) is 17.5 Å². The molecule has 2 aromatic rings. The number of nitrogens with one attached hydrogen (secondary N) is 1. The molecule has 6 heteroatoms. The van der Waals surface area contributed by atoms with Crippen LogP contribution in [0.3, 0.4) is 0 Å². The maximum atomic E-state index is 5.92. The Morgan fingerprint density at radius 3 is 2.54 bits per heavy atom. The van der Waals surface area contributed by atoms with Crippen molar-refractivity contribution in [3.8, 4) is 11.5 Å². The normalized spacial score (nSPS) is 11.2. The molecular weight excluding hydrogens is 322 g/mol. The van der Waals surface area contributed by atoms with E-state index in [1.807, 2.05) is 48.2 Å². The molecule has 0 fully saturated rings. The van der Waals surface area contributed by atoms with E-state index in [0.717, 1.165) is 17.9 Å². The first-order valence-electron chi connectivity index (χ1n) is 7.69. The van der Waals surface area contributed by atoms with Crippen LogP contribution in [0.5, 0.6) is 11.5 Å². The molecule has 0 aliphatic heterocycles. The number of ether oxygens (including phenoxy) is 2. The number of nitrogens with zero attached hydrogens (tertiary/aromatic N) is 1. The number of methoxy groups -OCH3 is 2. The summed E-state index contributed by atoms with van der Waals surface area (Å²) in [5.74, 6) is 2.73. The molecule has 0 heterocycles. The van der Waals surface area contributed by atoms with Crippen molar-refractivity contribution < 1.29 is 9.47 Å². The molecule has 2 rings (SSSR count). The van der Waals surface area contributed by atoms with Crippen LogP contribution in [-0.4, -0.2) is 32.5 Å². The summed E-state index contributed by atoms with van der Waals surface area (Å²) in [5, 5.41) is 3.06. The smallest absolute Gasteiger partial charge is 0.193 e. The highest BCUT2D eigenvalue weighted by atomic mass is 32.2. The van der Waals surface area contributed by atoms with E-state index in [4.69, 9.17) is 15.2 Å². The second-order valence-corrected chi connectivity index (χ2v) is 6.15. The van der Waals surface area contributed by atoms with E-state index in [1.54, 1.807) is 14.2 Å². The third-order valence-electron chi connectivity index (χ3n) is 3.25. The van der Waals surface area contributed by atoms with Gasteiger partial charge in [-0.3, -0.25) is 4.99 Å². The van der Waals surface area contributed by atoms with Gasteiger partial charge in [-0.2, -0.15) is 0 Å². The van der Waals surface area contributed by atoms with Crippen LogP contribution in [-0.2, 0) is 0 Å². The van der Waals surface area contributed by atoms with Crippen LogP contribution in [0.15, 0.2) is 58.4 Å². The lowest BCUT2D eigenvalue weighted by molar-refractivity contribution is 0.355. The summed E-state index contributed by atoms with van der Waals surface area (Å²) < 4.78 is 10.5. The van der Waals surface area contributed by atoms with Gasteiger partial charge in [0.2, 0.25) is 0 Å². The van der Waals surface area contributed by atoms with Crippen molar-refractivity contribution in [2.24, 2.45) is 10.7 Å². The Balaban J connectivity index is 1.77. The van der Waals surface area contributed by atoms with Gasteiger partial charge >= 0.3 is 0 Å². The van der Waals surface area contributed by atoms with E-state index >= 15 is 0 Å². The van der Waals surface area contributed by atoms with Gasteiger partial charge in [0.25, 0.3) is 0 Å². The number of guanidine groups is 1. The lowest BCUT2D eigenvalue weighted by Crippen LogP contribution is -2.22. The van der Waals surface area contributed by atoms with Crippen molar-refractivity contribution in [2.45, 2.75) is 11.3 Å². The van der Waals surface area contributed by atoms with Crippen LogP contribution in [0, 0.1) is 0 Å². The minimum atomic E-state index is 0.395. The zero-order chi connectivity index (χ0) is 17.2. The molecule has 0 aliphatic carbocycles. The number of hydrogen-bond acceptors (Lipinski definition) is 4. The first-order chi connectivity index (χ1) is 11.7. The van der Waals surface area contributed by atoms with Crippen LogP contribution < -0.4 is 20.5 Å². The fourth-order valence-electron chi connectivity index (χ4n) is 2.07. The second kappa shape index (κ2) is 9.72. The number of thioether (sulfide) groups is 1. The maximum absolute atomic E-state index is 5.92. The Bertz CT molecular complexity index is 663. The highest BCUT2D eigenvalue weighted by Crippen LogP contribution is 2.29. The topological polar surface area (TPSA) is 68.9 Å². The zero-order valence-electron chi connectivity index (χ0n) is 14.0. The van der Waals surface area contributed by atoms with E-state index < -0.39 is 0 Å². The maximum Gasteiger partial charge on any atom is 0.193 e. The first-order valence-corrected chi connectivity index (χ1v) is 8.68. The molecule has 0 radical (unpaired) electrons. The van der Waals surface area contributed by atoms with Gasteiger partial charge < -0.3 is 20.5 Å². The molecule has 0 spiro atoms. The molecule has 0 unspecified atom stereocenters. The molecule has 5 nitrogen and oxygen atoms in total. The number of anilines is 1. The van der Waals surface area contributed by atoms with Gasteiger partial charge in [0.1, 0.15) is 0 Å². The molecular formula is C18H23N3O2S. The van der Waals surface area contributed by atoms with Gasteiger partial charge in [-0.25, -0.2) is 0 Å². The summed E-state index contributed by atoms with van der Waals surface area (Å²) in [5.41, 5.74) is 6.73. The average Bonchev–Trinajstić information content (AvgIpc) is 2.62. The molecule has 0 aromatic heterocycles. The Kier molecular flexibility index (Phi) is 7.29. The van der Waals surface area contributed by atoms with E-state index in [1.165, 1.54) is 4.90 Å². The van der Waals surface area contributed by atoms with E-state index in [-0.39, 0.29) is 0 Å². The molecule has 0 amide bonds. The van der Waals surface area contributed by atoms with Crippen LogP contribution in [0.25, 0.3) is 0 Å². The fraction of sp³-hybridized carbons (Fsp3) is 0.278. The fourth-order valence-corrected chi connectivity index (χ4v) is 2.93. The first kappa shape index (κ1) is 18.0. The molecule has 0 aliphatic rings. The van der Waals surface area contributed by atoms with Gasteiger partial charge in [0, 0.05) is 23.2 Å². The third-order valence-corrected chi connectivity index (χ3v) is 4.35. The van der Waals surface area contributed by atoms with Crippen LogP contribution in [0.1, 0.15) is 6.42 Å². The summed E-state index contributed by atoms with van der Waals surface area (Å²) in [4.78, 5) is 5.62. The van der Waals surface area contributed by atoms with Gasteiger partial charge in [-0.05, 0) is 36.4 Å². The van der Waals surface area contributed by atoms with Crippen molar-refractivity contribution in [1.29, 1.82) is 0 Å². The van der Waals surface area contributed by atoms with Crippen molar-refractivity contribution in [3.05, 3.63) is 48.5 Å². The number of benzene rings is 2. The molecule has 24 heavy (non-hydrogen) atoms. The van der Waals surface area contributed by atoms with Gasteiger partial charge in [0.05, 0.1) is 14.2 Å². The molecule has 0 saturated carbocycles. The van der Waals surface area contributed by atoms with Crippen LogP contribution in [0.4, 0.5) is 5.69 Å². The van der Waals surface area contributed by atoms with Crippen molar-refractivity contribution in [3.63, 3.8) is 0 Å². The molecule has 0 bridgehead atoms. The predicted octanol–water partition coefficient (Wildman–Crippen LogP) is 3.61. The Labute approximate surface area is 147 Å². The molecule has 0 atom stereocenters.